The van der Waals surface area contributed by atoms with Crippen LogP contribution >= 0.6 is 12.2 Å². The number of esters is 1. The predicted molar refractivity (Wildman–Crippen MR) is 122 cm³/mol. The number of hydrogen-bond donors (Lipinski definition) is 2. The van der Waals surface area contributed by atoms with E-state index in [1.54, 1.807) is 36.3 Å². The number of amides is 2. The lowest BCUT2D eigenvalue weighted by molar-refractivity contribution is -0.147. The minimum atomic E-state index is -0.827. The molecule has 9 nitrogen and oxygen atoms in total. The van der Waals surface area contributed by atoms with Gasteiger partial charge in [-0.05, 0) is 42.9 Å². The van der Waals surface area contributed by atoms with Crippen molar-refractivity contribution >= 4 is 35.1 Å². The minimum Gasteiger partial charge on any atom is -0.491 e. The third-order valence-corrected chi connectivity index (χ3v) is 5.19. The van der Waals surface area contributed by atoms with Gasteiger partial charge in [0.05, 0.1) is 19.6 Å². The van der Waals surface area contributed by atoms with Crippen molar-refractivity contribution in [1.29, 1.82) is 0 Å². The monoisotopic (exact) mass is 465 g/mol. The molecule has 2 rings (SSSR count). The molecule has 10 heteroatoms. The Morgan fingerprint density at radius 1 is 1.19 bits per heavy atom. The van der Waals surface area contributed by atoms with E-state index < -0.39 is 17.9 Å². The molecule has 176 valence electrons. The normalized spacial score (nSPS) is 15.6. The second-order valence-electron chi connectivity index (χ2n) is 7.26. The fourth-order valence-corrected chi connectivity index (χ4v) is 3.41. The van der Waals surface area contributed by atoms with Gasteiger partial charge in [-0.2, -0.15) is 0 Å². The van der Waals surface area contributed by atoms with Gasteiger partial charge in [0.2, 0.25) is 5.91 Å². The molecule has 0 radical (unpaired) electrons. The van der Waals surface area contributed by atoms with Crippen molar-refractivity contribution < 1.29 is 28.6 Å². The van der Waals surface area contributed by atoms with Crippen LogP contribution in [0.4, 0.5) is 0 Å². The number of methoxy groups -OCH3 is 1. The summed E-state index contributed by atoms with van der Waals surface area (Å²) in [5.41, 5.74) is 0.389. The molecule has 0 aromatic heterocycles. The number of ether oxygens (including phenoxy) is 3. The highest BCUT2D eigenvalue weighted by Gasteiger charge is 2.34. The molecule has 1 fully saturated rings. The van der Waals surface area contributed by atoms with Crippen LogP contribution in [0, 0.1) is 0 Å². The number of thiocarbonyl (C=S) groups is 1. The molecule has 1 aliphatic heterocycles. The molecular formula is C22H31N3O6S. The third kappa shape index (κ3) is 8.08. The van der Waals surface area contributed by atoms with Gasteiger partial charge in [-0.1, -0.05) is 19.8 Å². The van der Waals surface area contributed by atoms with Crippen LogP contribution in [-0.2, 0) is 19.1 Å². The van der Waals surface area contributed by atoms with Crippen molar-refractivity contribution in [2.75, 3.05) is 40.0 Å². The molecule has 32 heavy (non-hydrogen) atoms. The molecule has 2 N–H and O–H groups in total. The number of rotatable bonds is 11. The van der Waals surface area contributed by atoms with Gasteiger partial charge in [-0.15, -0.1) is 0 Å². The van der Waals surface area contributed by atoms with E-state index in [-0.39, 0.29) is 17.4 Å². The third-order valence-electron chi connectivity index (χ3n) is 4.86. The second-order valence-corrected chi connectivity index (χ2v) is 7.64. The summed E-state index contributed by atoms with van der Waals surface area (Å²) in [5, 5.41) is 5.47. The number of hydrogen-bond acceptors (Lipinski definition) is 7. The number of carbonyl (C=O) groups excluding carboxylic acids is 3. The standard InChI is InChI=1S/C22H31N3O6S/c1-3-4-5-12-31-19(26)15-18-21(28)23-10-11-25(18)22(32)24-20(27)16-6-8-17(9-7-16)30-14-13-29-2/h6-9,18H,3-5,10-15H2,1-2H3,(H,23,28)(H,24,27,32). The van der Waals surface area contributed by atoms with Crippen LogP contribution in [0.25, 0.3) is 0 Å². The second kappa shape index (κ2) is 13.6. The molecule has 1 heterocycles. The Kier molecular flexibility index (Phi) is 10.9. The number of nitrogens with zero attached hydrogens (tertiary/aromatic N) is 1. The van der Waals surface area contributed by atoms with Crippen LogP contribution in [0.5, 0.6) is 5.75 Å². The Morgan fingerprint density at radius 2 is 1.94 bits per heavy atom. The minimum absolute atomic E-state index is 0.0917. The summed E-state index contributed by atoms with van der Waals surface area (Å²) >= 11 is 5.37. The lowest BCUT2D eigenvalue weighted by Crippen LogP contribution is -2.60. The van der Waals surface area contributed by atoms with Gasteiger partial charge in [-0.25, -0.2) is 0 Å². The lowest BCUT2D eigenvalue weighted by Gasteiger charge is -2.36. The van der Waals surface area contributed by atoms with Crippen LogP contribution in [0.15, 0.2) is 24.3 Å². The maximum absolute atomic E-state index is 12.6. The molecule has 0 aliphatic carbocycles. The molecule has 0 bridgehead atoms. The zero-order valence-corrected chi connectivity index (χ0v) is 19.4. The molecule has 0 saturated carbocycles. The van der Waals surface area contributed by atoms with Crippen molar-refractivity contribution in [1.82, 2.24) is 15.5 Å². The largest absolute Gasteiger partial charge is 0.491 e. The first-order valence-corrected chi connectivity index (χ1v) is 11.1. The van der Waals surface area contributed by atoms with Crippen molar-refractivity contribution in [3.63, 3.8) is 0 Å². The van der Waals surface area contributed by atoms with E-state index in [2.05, 4.69) is 17.6 Å². The van der Waals surface area contributed by atoms with E-state index in [9.17, 15) is 14.4 Å². The number of piperazine rings is 1. The van der Waals surface area contributed by atoms with E-state index >= 15 is 0 Å². The van der Waals surface area contributed by atoms with Crippen LogP contribution in [0.3, 0.4) is 0 Å². The Bertz CT molecular complexity index is 786. The zero-order chi connectivity index (χ0) is 23.3. The smallest absolute Gasteiger partial charge is 0.308 e. The summed E-state index contributed by atoms with van der Waals surface area (Å²) in [7, 11) is 1.59. The maximum atomic E-state index is 12.6. The summed E-state index contributed by atoms with van der Waals surface area (Å²) in [5.74, 6) is -0.584. The average Bonchev–Trinajstić information content (AvgIpc) is 2.78. The molecule has 1 saturated heterocycles. The van der Waals surface area contributed by atoms with Crippen LogP contribution in [0.2, 0.25) is 0 Å². The number of nitrogens with one attached hydrogen (secondary N) is 2. The van der Waals surface area contributed by atoms with E-state index in [4.69, 9.17) is 26.4 Å². The predicted octanol–water partition coefficient (Wildman–Crippen LogP) is 1.65. The van der Waals surface area contributed by atoms with Gasteiger partial charge >= 0.3 is 5.97 Å². The van der Waals surface area contributed by atoms with E-state index in [1.165, 1.54) is 0 Å². The van der Waals surface area contributed by atoms with Gasteiger partial charge in [0, 0.05) is 25.8 Å². The molecule has 1 aromatic carbocycles. The van der Waals surface area contributed by atoms with Crippen molar-refractivity contribution in [3.8, 4) is 5.75 Å². The van der Waals surface area contributed by atoms with Crippen LogP contribution in [-0.4, -0.2) is 73.9 Å². The van der Waals surface area contributed by atoms with Gasteiger partial charge in [0.25, 0.3) is 5.91 Å². The molecule has 1 aromatic rings. The number of unbranched alkanes of at least 4 members (excludes halogenated alkanes) is 2. The van der Waals surface area contributed by atoms with Crippen molar-refractivity contribution in [3.05, 3.63) is 29.8 Å². The molecule has 2 amide bonds. The fourth-order valence-electron chi connectivity index (χ4n) is 3.10. The van der Waals surface area contributed by atoms with Gasteiger partial charge < -0.3 is 24.4 Å². The van der Waals surface area contributed by atoms with E-state index in [1.807, 2.05) is 0 Å². The first-order valence-electron chi connectivity index (χ1n) is 10.7. The fraction of sp³-hybridized carbons (Fsp3) is 0.545. The SMILES string of the molecule is CCCCCOC(=O)CC1C(=O)NCCN1C(=S)NC(=O)c1ccc(OCCOC)cc1. The Morgan fingerprint density at radius 3 is 2.62 bits per heavy atom. The van der Waals surface area contributed by atoms with Gasteiger partial charge in [0.15, 0.2) is 5.11 Å². The molecule has 1 aliphatic rings. The number of benzene rings is 1. The first-order chi connectivity index (χ1) is 15.5. The highest BCUT2D eigenvalue weighted by atomic mass is 32.1. The molecule has 1 atom stereocenters. The van der Waals surface area contributed by atoms with Gasteiger partial charge in [-0.3, -0.25) is 19.7 Å². The van der Waals surface area contributed by atoms with E-state index in [0.717, 1.165) is 19.3 Å². The molecule has 1 unspecified atom stereocenters. The van der Waals surface area contributed by atoms with E-state index in [0.29, 0.717) is 44.2 Å². The van der Waals surface area contributed by atoms with Gasteiger partial charge in [0.1, 0.15) is 18.4 Å². The summed E-state index contributed by atoms with van der Waals surface area (Å²) < 4.78 is 15.6. The summed E-state index contributed by atoms with van der Waals surface area (Å²) in [6.07, 6.45) is 2.64. The van der Waals surface area contributed by atoms with Crippen LogP contribution in [0.1, 0.15) is 43.0 Å². The maximum Gasteiger partial charge on any atom is 0.308 e. The average molecular weight is 466 g/mol. The molecule has 0 spiro atoms. The summed E-state index contributed by atoms with van der Waals surface area (Å²) in [6.45, 7) is 4.01. The van der Waals surface area contributed by atoms with Crippen molar-refractivity contribution in [2.24, 2.45) is 0 Å². The Hall–Kier alpha value is -2.72. The highest BCUT2D eigenvalue weighted by molar-refractivity contribution is 7.80. The summed E-state index contributed by atoms with van der Waals surface area (Å²) in [4.78, 5) is 38.7. The first kappa shape index (κ1) is 25.5. The summed E-state index contributed by atoms with van der Waals surface area (Å²) in [6, 6.07) is 5.77. The Labute approximate surface area is 193 Å². The topological polar surface area (TPSA) is 106 Å². The van der Waals surface area contributed by atoms with Crippen molar-refractivity contribution in [2.45, 2.75) is 38.6 Å². The lowest BCUT2D eigenvalue weighted by atomic mass is 10.1. The zero-order valence-electron chi connectivity index (χ0n) is 18.6. The van der Waals surface area contributed by atoms with Crippen LogP contribution < -0.4 is 15.4 Å². The number of carbonyl (C=O) groups is 3. The Balaban J connectivity index is 1.93. The molecular weight excluding hydrogens is 434 g/mol. The highest BCUT2D eigenvalue weighted by Crippen LogP contribution is 2.14. The quantitative estimate of drug-likeness (QED) is 0.289.